The summed E-state index contributed by atoms with van der Waals surface area (Å²) in [6.45, 7) is 4.97. The number of aliphatic imine (C=N–C) groups is 1. The molecule has 1 atom stereocenters. The van der Waals surface area contributed by atoms with E-state index in [4.69, 9.17) is 4.99 Å². The van der Waals surface area contributed by atoms with Gasteiger partial charge in [-0.25, -0.2) is 9.79 Å². The van der Waals surface area contributed by atoms with Gasteiger partial charge in [0.1, 0.15) is 0 Å². The molecule has 2 aromatic rings. The first-order chi connectivity index (χ1) is 16.4. The maximum atomic E-state index is 11.2. The standard InChI is InChI=1S/C29H37N3O2/c1-19-3-5-21(6-4-19)18-30-28(32-26-9-7-25(8-10-26)27(33)34)31-20(2)14-29-15-22-11-23(16-29)13-24(12-22)17-29/h3-10,20,22-24H,11-18H2,1-2H3,(H,33,34)(H2,30,31,32)/t20-,22?,23?,24?,29?/m0/s1. The summed E-state index contributed by atoms with van der Waals surface area (Å²) in [6.07, 6.45) is 9.83. The Morgan fingerprint density at radius 2 is 1.59 bits per heavy atom. The number of nitrogens with one attached hydrogen (secondary N) is 2. The lowest BCUT2D eigenvalue weighted by Gasteiger charge is -2.57. The Bertz CT molecular complexity index is 1010. The number of carboxylic acid groups (broad SMARTS) is 1. The normalized spacial score (nSPS) is 28.5. The highest BCUT2D eigenvalue weighted by Crippen LogP contribution is 2.61. The summed E-state index contributed by atoms with van der Waals surface area (Å²) in [6, 6.07) is 15.7. The zero-order valence-corrected chi connectivity index (χ0v) is 20.4. The molecular formula is C29H37N3O2. The lowest BCUT2D eigenvalue weighted by Crippen LogP contribution is -2.49. The van der Waals surface area contributed by atoms with Crippen molar-refractivity contribution < 1.29 is 9.90 Å². The van der Waals surface area contributed by atoms with Crippen LogP contribution in [-0.2, 0) is 6.54 Å². The number of carbonyl (C=O) groups is 1. The monoisotopic (exact) mass is 459 g/mol. The number of aromatic carboxylic acids is 1. The van der Waals surface area contributed by atoms with Crippen molar-refractivity contribution in [3.8, 4) is 0 Å². The first-order valence-corrected chi connectivity index (χ1v) is 12.8. The molecule has 0 aliphatic heterocycles. The molecule has 0 unspecified atom stereocenters. The summed E-state index contributed by atoms with van der Waals surface area (Å²) in [5.74, 6) is 2.71. The first kappa shape index (κ1) is 22.9. The van der Waals surface area contributed by atoms with Gasteiger partial charge in [0.25, 0.3) is 0 Å². The highest BCUT2D eigenvalue weighted by Gasteiger charge is 2.51. The lowest BCUT2D eigenvalue weighted by atomic mass is 9.48. The van der Waals surface area contributed by atoms with E-state index in [1.165, 1.54) is 56.1 Å². The average molecular weight is 460 g/mol. The van der Waals surface area contributed by atoms with Crippen LogP contribution in [0.3, 0.4) is 0 Å². The van der Waals surface area contributed by atoms with Crippen LogP contribution in [0.15, 0.2) is 53.5 Å². The molecule has 0 aromatic heterocycles. The highest BCUT2D eigenvalue weighted by molar-refractivity contribution is 5.94. The molecule has 34 heavy (non-hydrogen) atoms. The maximum absolute atomic E-state index is 11.2. The summed E-state index contributed by atoms with van der Waals surface area (Å²) in [4.78, 5) is 16.1. The second-order valence-electron chi connectivity index (χ2n) is 11.3. The molecule has 0 radical (unpaired) electrons. The van der Waals surface area contributed by atoms with Crippen molar-refractivity contribution in [2.24, 2.45) is 28.2 Å². The van der Waals surface area contributed by atoms with Gasteiger partial charge in [-0.1, -0.05) is 29.8 Å². The molecular weight excluding hydrogens is 422 g/mol. The molecule has 4 aliphatic rings. The van der Waals surface area contributed by atoms with Crippen LogP contribution >= 0.6 is 0 Å². The van der Waals surface area contributed by atoms with Gasteiger partial charge >= 0.3 is 5.97 Å². The predicted octanol–water partition coefficient (Wildman–Crippen LogP) is 6.25. The molecule has 0 spiro atoms. The highest BCUT2D eigenvalue weighted by atomic mass is 16.4. The van der Waals surface area contributed by atoms with E-state index in [1.807, 2.05) is 0 Å². The van der Waals surface area contributed by atoms with Crippen molar-refractivity contribution in [3.63, 3.8) is 0 Å². The van der Waals surface area contributed by atoms with Gasteiger partial charge in [-0.15, -0.1) is 0 Å². The summed E-state index contributed by atoms with van der Waals surface area (Å²) in [5, 5.41) is 16.3. The Balaban J connectivity index is 1.29. The summed E-state index contributed by atoms with van der Waals surface area (Å²) in [5.41, 5.74) is 4.04. The third kappa shape index (κ3) is 5.29. The van der Waals surface area contributed by atoms with Gasteiger partial charge in [-0.3, -0.25) is 0 Å². The largest absolute Gasteiger partial charge is 0.478 e. The Kier molecular flexibility index (Phi) is 6.37. The number of anilines is 1. The van der Waals surface area contributed by atoms with E-state index in [0.29, 0.717) is 18.0 Å². The predicted molar refractivity (Wildman–Crippen MR) is 137 cm³/mol. The molecule has 3 N–H and O–H groups in total. The topological polar surface area (TPSA) is 73.7 Å². The van der Waals surface area contributed by atoms with E-state index in [9.17, 15) is 9.90 Å². The SMILES string of the molecule is Cc1ccc(CN=C(Nc2ccc(C(=O)O)cc2)N[C@@H](C)CC23CC4CC(CC(C4)C2)C3)cc1. The van der Waals surface area contributed by atoms with E-state index >= 15 is 0 Å². The molecule has 0 saturated heterocycles. The summed E-state index contributed by atoms with van der Waals surface area (Å²) in [7, 11) is 0. The van der Waals surface area contributed by atoms with Crippen LogP contribution in [0.25, 0.3) is 0 Å². The average Bonchev–Trinajstić information content (AvgIpc) is 2.77. The fraction of sp³-hybridized carbons (Fsp3) is 0.517. The minimum atomic E-state index is -0.915. The number of guanidine groups is 1. The Morgan fingerprint density at radius 3 is 2.15 bits per heavy atom. The van der Waals surface area contributed by atoms with E-state index in [0.717, 1.165) is 29.4 Å². The fourth-order valence-corrected chi connectivity index (χ4v) is 7.29. The minimum absolute atomic E-state index is 0.284. The molecule has 180 valence electrons. The third-order valence-corrected chi connectivity index (χ3v) is 8.22. The number of hydrogen-bond acceptors (Lipinski definition) is 2. The Labute approximate surface area is 203 Å². The summed E-state index contributed by atoms with van der Waals surface area (Å²) >= 11 is 0. The fourth-order valence-electron chi connectivity index (χ4n) is 7.29. The quantitative estimate of drug-likeness (QED) is 0.338. The van der Waals surface area contributed by atoms with Crippen LogP contribution in [0, 0.1) is 30.1 Å². The molecule has 5 nitrogen and oxygen atoms in total. The van der Waals surface area contributed by atoms with Gasteiger partial charge in [-0.2, -0.15) is 0 Å². The zero-order valence-electron chi connectivity index (χ0n) is 20.4. The van der Waals surface area contributed by atoms with E-state index in [1.54, 1.807) is 24.3 Å². The van der Waals surface area contributed by atoms with Gasteiger partial charge in [0.2, 0.25) is 0 Å². The van der Waals surface area contributed by atoms with Crippen molar-refractivity contribution in [1.29, 1.82) is 0 Å². The van der Waals surface area contributed by atoms with Gasteiger partial charge in [0.05, 0.1) is 12.1 Å². The number of hydrogen-bond donors (Lipinski definition) is 3. The third-order valence-electron chi connectivity index (χ3n) is 8.22. The molecule has 0 amide bonds. The molecule has 4 aliphatic carbocycles. The number of aryl methyl sites for hydroxylation is 1. The number of nitrogens with zero attached hydrogens (tertiary/aromatic N) is 1. The lowest BCUT2D eigenvalue weighted by molar-refractivity contribution is -0.0603. The van der Waals surface area contributed by atoms with Crippen molar-refractivity contribution in [1.82, 2.24) is 5.32 Å². The summed E-state index contributed by atoms with van der Waals surface area (Å²) < 4.78 is 0. The number of carboxylic acids is 1. The van der Waals surface area contributed by atoms with Gasteiger partial charge in [0.15, 0.2) is 5.96 Å². The van der Waals surface area contributed by atoms with Crippen molar-refractivity contribution in [3.05, 3.63) is 65.2 Å². The van der Waals surface area contributed by atoms with Crippen molar-refractivity contribution in [2.75, 3.05) is 5.32 Å². The van der Waals surface area contributed by atoms with E-state index < -0.39 is 5.97 Å². The van der Waals surface area contributed by atoms with Crippen LogP contribution < -0.4 is 10.6 Å². The van der Waals surface area contributed by atoms with Gasteiger partial charge in [0, 0.05) is 11.7 Å². The molecule has 5 heteroatoms. The number of rotatable bonds is 7. The van der Waals surface area contributed by atoms with Crippen LogP contribution in [0.1, 0.15) is 73.4 Å². The van der Waals surface area contributed by atoms with Crippen molar-refractivity contribution >= 4 is 17.6 Å². The van der Waals surface area contributed by atoms with E-state index in [-0.39, 0.29) is 5.56 Å². The van der Waals surface area contributed by atoms with Gasteiger partial charge < -0.3 is 15.7 Å². The maximum Gasteiger partial charge on any atom is 0.335 e. The van der Waals surface area contributed by atoms with Crippen LogP contribution in [0.5, 0.6) is 0 Å². The second kappa shape index (κ2) is 9.44. The van der Waals surface area contributed by atoms with Crippen molar-refractivity contribution in [2.45, 2.75) is 71.4 Å². The molecule has 6 rings (SSSR count). The zero-order chi connectivity index (χ0) is 23.7. The van der Waals surface area contributed by atoms with Crippen LogP contribution in [-0.4, -0.2) is 23.1 Å². The van der Waals surface area contributed by atoms with Gasteiger partial charge in [-0.05, 0) is 112 Å². The molecule has 4 saturated carbocycles. The Hall–Kier alpha value is -2.82. The molecule has 4 bridgehead atoms. The first-order valence-electron chi connectivity index (χ1n) is 12.8. The van der Waals surface area contributed by atoms with Crippen LogP contribution in [0.4, 0.5) is 5.69 Å². The minimum Gasteiger partial charge on any atom is -0.478 e. The molecule has 0 heterocycles. The molecule has 2 aromatic carbocycles. The smallest absolute Gasteiger partial charge is 0.335 e. The van der Waals surface area contributed by atoms with Crippen LogP contribution in [0.2, 0.25) is 0 Å². The second-order valence-corrected chi connectivity index (χ2v) is 11.3. The van der Waals surface area contributed by atoms with E-state index in [2.05, 4.69) is 48.7 Å². The molecule has 4 fully saturated rings. The number of benzene rings is 2. The Morgan fingerprint density at radius 1 is 1.00 bits per heavy atom.